The van der Waals surface area contributed by atoms with Crippen molar-refractivity contribution in [1.82, 2.24) is 9.80 Å². The normalized spacial score (nSPS) is 20.7. The van der Waals surface area contributed by atoms with Crippen molar-refractivity contribution in [2.45, 2.75) is 13.0 Å². The van der Waals surface area contributed by atoms with Crippen LogP contribution in [0.1, 0.15) is 12.0 Å². The standard InChI is InChI=1S/C15H24N2O/c1-16-8-5-9-17(11-13-18-12-10-16)14-15-6-3-2-4-7-15/h2-4,6-7H,5,8-14H2,1H3. The number of hydrogen-bond acceptors (Lipinski definition) is 3. The van der Waals surface area contributed by atoms with Gasteiger partial charge in [0, 0.05) is 19.6 Å². The molecule has 0 radical (unpaired) electrons. The third kappa shape index (κ3) is 4.77. The second-order valence-electron chi connectivity index (χ2n) is 5.03. The van der Waals surface area contributed by atoms with Crippen LogP contribution in [0.4, 0.5) is 0 Å². The van der Waals surface area contributed by atoms with Crippen LogP contribution in [0.15, 0.2) is 30.3 Å². The van der Waals surface area contributed by atoms with Crippen molar-refractivity contribution < 1.29 is 4.74 Å². The molecule has 0 saturated carbocycles. The smallest absolute Gasteiger partial charge is 0.0594 e. The first-order valence-corrected chi connectivity index (χ1v) is 6.87. The van der Waals surface area contributed by atoms with E-state index >= 15 is 0 Å². The molecule has 1 heterocycles. The highest BCUT2D eigenvalue weighted by Crippen LogP contribution is 2.06. The van der Waals surface area contributed by atoms with E-state index in [9.17, 15) is 0 Å². The van der Waals surface area contributed by atoms with E-state index in [-0.39, 0.29) is 0 Å². The van der Waals surface area contributed by atoms with E-state index in [2.05, 4.69) is 47.2 Å². The lowest BCUT2D eigenvalue weighted by molar-refractivity contribution is 0.0741. The van der Waals surface area contributed by atoms with Crippen molar-refractivity contribution in [3.63, 3.8) is 0 Å². The predicted molar refractivity (Wildman–Crippen MR) is 74.7 cm³/mol. The molecule has 0 bridgehead atoms. The zero-order valence-electron chi connectivity index (χ0n) is 11.3. The maximum atomic E-state index is 5.67. The van der Waals surface area contributed by atoms with Gasteiger partial charge in [0.15, 0.2) is 0 Å². The van der Waals surface area contributed by atoms with E-state index < -0.39 is 0 Å². The molecule has 1 aromatic rings. The average molecular weight is 248 g/mol. The van der Waals surface area contributed by atoms with Crippen LogP contribution in [-0.4, -0.2) is 56.2 Å². The summed E-state index contributed by atoms with van der Waals surface area (Å²) in [6.45, 7) is 7.15. The van der Waals surface area contributed by atoms with Crippen molar-refractivity contribution in [2.75, 3.05) is 46.4 Å². The second kappa shape index (κ2) is 7.52. The van der Waals surface area contributed by atoms with Gasteiger partial charge in [-0.25, -0.2) is 0 Å². The molecule has 1 fully saturated rings. The highest BCUT2D eigenvalue weighted by atomic mass is 16.5. The van der Waals surface area contributed by atoms with Gasteiger partial charge in [0.05, 0.1) is 13.2 Å². The van der Waals surface area contributed by atoms with Gasteiger partial charge in [-0.15, -0.1) is 0 Å². The minimum absolute atomic E-state index is 0.848. The van der Waals surface area contributed by atoms with Crippen molar-refractivity contribution in [3.05, 3.63) is 35.9 Å². The third-order valence-corrected chi connectivity index (χ3v) is 3.43. The van der Waals surface area contributed by atoms with Crippen LogP contribution in [-0.2, 0) is 11.3 Å². The Labute approximate surface area is 110 Å². The van der Waals surface area contributed by atoms with Gasteiger partial charge in [0.25, 0.3) is 0 Å². The minimum Gasteiger partial charge on any atom is -0.379 e. The summed E-state index contributed by atoms with van der Waals surface area (Å²) < 4.78 is 5.67. The SMILES string of the molecule is CN1CCCN(Cc2ccccc2)CCOCC1. The summed E-state index contributed by atoms with van der Waals surface area (Å²) in [6.07, 6.45) is 1.24. The zero-order chi connectivity index (χ0) is 12.6. The van der Waals surface area contributed by atoms with E-state index in [1.54, 1.807) is 0 Å². The fraction of sp³-hybridized carbons (Fsp3) is 0.600. The summed E-state index contributed by atoms with van der Waals surface area (Å²) in [5, 5.41) is 0. The monoisotopic (exact) mass is 248 g/mol. The molecule has 1 aliphatic heterocycles. The third-order valence-electron chi connectivity index (χ3n) is 3.43. The highest BCUT2D eigenvalue weighted by molar-refractivity contribution is 5.14. The second-order valence-corrected chi connectivity index (χ2v) is 5.03. The number of benzene rings is 1. The molecule has 0 amide bonds. The summed E-state index contributed by atoms with van der Waals surface area (Å²) in [4.78, 5) is 4.85. The Kier molecular flexibility index (Phi) is 5.65. The molecule has 1 aromatic carbocycles. The highest BCUT2D eigenvalue weighted by Gasteiger charge is 2.09. The lowest BCUT2D eigenvalue weighted by Gasteiger charge is -2.26. The molecule has 0 atom stereocenters. The zero-order valence-corrected chi connectivity index (χ0v) is 11.3. The molecule has 2 rings (SSSR count). The maximum absolute atomic E-state index is 5.67. The Morgan fingerprint density at radius 1 is 1.00 bits per heavy atom. The van der Waals surface area contributed by atoms with Gasteiger partial charge in [-0.1, -0.05) is 30.3 Å². The molecule has 3 nitrogen and oxygen atoms in total. The molecule has 18 heavy (non-hydrogen) atoms. The van der Waals surface area contributed by atoms with Crippen LogP contribution >= 0.6 is 0 Å². The molecule has 0 unspecified atom stereocenters. The molecule has 0 aliphatic carbocycles. The largest absolute Gasteiger partial charge is 0.379 e. The lowest BCUT2D eigenvalue weighted by Crippen LogP contribution is -2.34. The Morgan fingerprint density at radius 2 is 1.78 bits per heavy atom. The molecule has 0 spiro atoms. The van der Waals surface area contributed by atoms with Crippen LogP contribution in [0.3, 0.4) is 0 Å². The number of ether oxygens (including phenoxy) is 1. The van der Waals surface area contributed by atoms with Crippen LogP contribution in [0.5, 0.6) is 0 Å². The molecule has 1 aliphatic rings. The summed E-state index contributed by atoms with van der Waals surface area (Å²) in [5.41, 5.74) is 1.39. The first-order valence-electron chi connectivity index (χ1n) is 6.87. The Bertz CT molecular complexity index is 329. The Morgan fingerprint density at radius 3 is 2.61 bits per heavy atom. The summed E-state index contributed by atoms with van der Waals surface area (Å²) >= 11 is 0. The van der Waals surface area contributed by atoms with Crippen molar-refractivity contribution in [3.8, 4) is 0 Å². The molecule has 1 saturated heterocycles. The first kappa shape index (κ1) is 13.5. The summed E-state index contributed by atoms with van der Waals surface area (Å²) in [5.74, 6) is 0. The number of rotatable bonds is 2. The van der Waals surface area contributed by atoms with Gasteiger partial charge in [0.1, 0.15) is 0 Å². The van der Waals surface area contributed by atoms with Gasteiger partial charge >= 0.3 is 0 Å². The molecule has 0 N–H and O–H groups in total. The molecule has 0 aromatic heterocycles. The maximum Gasteiger partial charge on any atom is 0.0594 e. The lowest BCUT2D eigenvalue weighted by atomic mass is 10.2. The number of hydrogen-bond donors (Lipinski definition) is 0. The average Bonchev–Trinajstić information content (AvgIpc) is 2.39. The van der Waals surface area contributed by atoms with E-state index in [4.69, 9.17) is 4.74 Å². The van der Waals surface area contributed by atoms with Crippen molar-refractivity contribution in [2.24, 2.45) is 0 Å². The topological polar surface area (TPSA) is 15.7 Å². The summed E-state index contributed by atoms with van der Waals surface area (Å²) in [7, 11) is 2.17. The van der Waals surface area contributed by atoms with Crippen LogP contribution < -0.4 is 0 Å². The molecule has 3 heteroatoms. The predicted octanol–water partition coefficient (Wildman–Crippen LogP) is 1.84. The van der Waals surface area contributed by atoms with E-state index in [0.29, 0.717) is 0 Å². The van der Waals surface area contributed by atoms with E-state index in [0.717, 1.165) is 45.9 Å². The number of likely N-dealkylation sites (N-methyl/N-ethyl adjacent to an activating group) is 1. The van der Waals surface area contributed by atoms with Crippen molar-refractivity contribution in [1.29, 1.82) is 0 Å². The van der Waals surface area contributed by atoms with Gasteiger partial charge in [-0.3, -0.25) is 4.90 Å². The molecular formula is C15H24N2O. The molecule has 100 valence electrons. The Balaban J connectivity index is 1.85. The van der Waals surface area contributed by atoms with Crippen LogP contribution in [0, 0.1) is 0 Å². The fourth-order valence-electron chi connectivity index (χ4n) is 2.30. The van der Waals surface area contributed by atoms with Gasteiger partial charge in [-0.2, -0.15) is 0 Å². The van der Waals surface area contributed by atoms with Crippen LogP contribution in [0.25, 0.3) is 0 Å². The van der Waals surface area contributed by atoms with Gasteiger partial charge < -0.3 is 9.64 Å². The van der Waals surface area contributed by atoms with Crippen LogP contribution in [0.2, 0.25) is 0 Å². The number of nitrogens with zero attached hydrogens (tertiary/aromatic N) is 2. The Hall–Kier alpha value is -0.900. The van der Waals surface area contributed by atoms with Gasteiger partial charge in [-0.05, 0) is 32.1 Å². The van der Waals surface area contributed by atoms with E-state index in [1.807, 2.05) is 0 Å². The minimum atomic E-state index is 0.848. The van der Waals surface area contributed by atoms with Crippen molar-refractivity contribution >= 4 is 0 Å². The summed E-state index contributed by atoms with van der Waals surface area (Å²) in [6, 6.07) is 10.7. The molecular weight excluding hydrogens is 224 g/mol. The van der Waals surface area contributed by atoms with E-state index in [1.165, 1.54) is 12.0 Å². The first-order chi connectivity index (χ1) is 8.84. The quantitative estimate of drug-likeness (QED) is 0.794. The fourth-order valence-corrected chi connectivity index (χ4v) is 2.30. The van der Waals surface area contributed by atoms with Gasteiger partial charge in [0.2, 0.25) is 0 Å².